The largest absolute Gasteiger partial charge is 0.394 e. The molecule has 3 fully saturated rings. The van der Waals surface area contributed by atoms with Crippen molar-refractivity contribution in [2.24, 2.45) is 0 Å². The number of hydrogen-bond donors (Lipinski definition) is 12. The van der Waals surface area contributed by atoms with E-state index in [0.717, 1.165) is 70.6 Å². The molecular weight excluding hydrogens is 1370 g/mol. The van der Waals surface area contributed by atoms with Gasteiger partial charge < -0.3 is 89.9 Å². The van der Waals surface area contributed by atoms with Crippen LogP contribution in [0.1, 0.15) is 367 Å². The highest BCUT2D eigenvalue weighted by Crippen LogP contribution is 2.34. The van der Waals surface area contributed by atoms with Crippen molar-refractivity contribution in [1.82, 2.24) is 5.32 Å². The van der Waals surface area contributed by atoms with Crippen LogP contribution in [0.5, 0.6) is 0 Å². The summed E-state index contributed by atoms with van der Waals surface area (Å²) in [6, 6.07) is -0.974. The Hall–Kier alpha value is -2.51. The van der Waals surface area contributed by atoms with Crippen molar-refractivity contribution < 1.29 is 89.4 Å². The van der Waals surface area contributed by atoms with Crippen LogP contribution in [0, 0.1) is 0 Å². The van der Waals surface area contributed by atoms with Gasteiger partial charge in [0.05, 0.1) is 38.6 Å². The smallest absolute Gasteiger partial charge is 0.220 e. The number of carbonyl (C=O) groups excluding carboxylic acids is 1. The van der Waals surface area contributed by atoms with Gasteiger partial charge in [-0.05, 0) is 57.8 Å². The van der Waals surface area contributed by atoms with Gasteiger partial charge >= 0.3 is 0 Å². The lowest BCUT2D eigenvalue weighted by molar-refractivity contribution is -0.379. The van der Waals surface area contributed by atoms with Gasteiger partial charge in [0.15, 0.2) is 18.9 Å². The molecule has 0 spiro atoms. The molecule has 17 atom stereocenters. The molecule has 1 amide bonds. The van der Waals surface area contributed by atoms with Gasteiger partial charge in [-0.25, -0.2) is 0 Å². The number of unbranched alkanes of at least 4 members (excludes halogenated alkanes) is 48. The Morgan fingerprint density at radius 1 is 0.343 bits per heavy atom. The van der Waals surface area contributed by atoms with Crippen molar-refractivity contribution in [3.05, 3.63) is 60.8 Å². The fraction of sp³-hybridized carbons (Fsp3) is 0.876. The van der Waals surface area contributed by atoms with Crippen LogP contribution in [-0.2, 0) is 33.2 Å². The Labute approximate surface area is 656 Å². The number of allylic oxidation sites excluding steroid dienone is 9. The van der Waals surface area contributed by atoms with E-state index in [4.69, 9.17) is 28.4 Å². The first-order valence-electron chi connectivity index (χ1n) is 44.5. The molecule has 12 N–H and O–H groups in total. The second-order valence-corrected chi connectivity index (χ2v) is 31.7. The molecule has 17 unspecified atom stereocenters. The molecule has 632 valence electrons. The summed E-state index contributed by atoms with van der Waals surface area (Å²) in [6.07, 6.45) is 63.7. The second-order valence-electron chi connectivity index (χ2n) is 31.7. The zero-order chi connectivity index (χ0) is 78.1. The van der Waals surface area contributed by atoms with E-state index in [9.17, 15) is 61.0 Å². The molecule has 108 heavy (non-hydrogen) atoms. The van der Waals surface area contributed by atoms with Crippen molar-refractivity contribution >= 4 is 5.91 Å². The molecular formula is C89H163NO18. The minimum absolute atomic E-state index is 0.247. The van der Waals surface area contributed by atoms with Crippen LogP contribution in [0.4, 0.5) is 0 Å². The molecule has 3 aliphatic rings. The highest BCUT2D eigenvalue weighted by atomic mass is 16.8. The molecule has 3 heterocycles. The van der Waals surface area contributed by atoms with E-state index in [-0.39, 0.29) is 18.9 Å². The van der Waals surface area contributed by atoms with Crippen molar-refractivity contribution in [2.75, 3.05) is 26.4 Å². The Morgan fingerprint density at radius 2 is 0.639 bits per heavy atom. The molecule has 19 heteroatoms. The van der Waals surface area contributed by atoms with E-state index >= 15 is 0 Å². The molecule has 0 aromatic heterocycles. The lowest BCUT2D eigenvalue weighted by Gasteiger charge is -2.48. The predicted molar refractivity (Wildman–Crippen MR) is 434 cm³/mol. The van der Waals surface area contributed by atoms with Crippen molar-refractivity contribution in [1.29, 1.82) is 0 Å². The summed E-state index contributed by atoms with van der Waals surface area (Å²) >= 11 is 0. The van der Waals surface area contributed by atoms with Crippen LogP contribution in [0.25, 0.3) is 0 Å². The van der Waals surface area contributed by atoms with E-state index in [1.54, 1.807) is 6.08 Å². The number of rotatable bonds is 72. The van der Waals surface area contributed by atoms with Gasteiger partial charge in [0.1, 0.15) is 73.2 Å². The standard InChI is InChI=1S/C89H163NO18/c1-3-5-7-9-11-13-15-17-19-21-23-25-27-29-30-31-32-33-34-35-36-37-38-39-40-41-42-43-45-47-49-51-53-55-57-59-61-63-65-67-77(95)90-72(73(94)66-64-62-60-58-56-54-52-50-48-46-44-28-26-24-22-20-18-16-14-12-10-8-6-4-2)71-103-87-83(101)80(98)85(75(69-92)105-87)108-89-84(102)81(99)86(76(70-93)106-89)107-88-82(100)79(97)78(96)74(68-91)104-88/h5,7,11,13,17,19,23,25,64,66,72-76,78-89,91-94,96-102H,3-4,6,8-10,12,14-16,18,20-22,24,26-63,65,67-71H2,1-2H3,(H,90,95)/b7-5-,13-11-,19-17-,25-23-,66-64+. The summed E-state index contributed by atoms with van der Waals surface area (Å²) < 4.78 is 34.5. The number of ether oxygens (including phenoxy) is 6. The van der Waals surface area contributed by atoms with E-state index < -0.39 is 124 Å². The van der Waals surface area contributed by atoms with Gasteiger partial charge in [0, 0.05) is 6.42 Å². The summed E-state index contributed by atoms with van der Waals surface area (Å²) in [6.45, 7) is 1.68. The van der Waals surface area contributed by atoms with E-state index in [2.05, 4.69) is 67.8 Å². The Balaban J connectivity index is 1.30. The maximum atomic E-state index is 13.5. The van der Waals surface area contributed by atoms with Gasteiger partial charge in [0.2, 0.25) is 5.91 Å². The topological polar surface area (TPSA) is 307 Å². The molecule has 0 aromatic carbocycles. The van der Waals surface area contributed by atoms with Crippen LogP contribution >= 0.6 is 0 Å². The molecule has 19 nitrogen and oxygen atoms in total. The summed E-state index contributed by atoms with van der Waals surface area (Å²) in [5.41, 5.74) is 0. The Morgan fingerprint density at radius 3 is 1.00 bits per heavy atom. The van der Waals surface area contributed by atoms with Crippen LogP contribution in [-0.4, -0.2) is 193 Å². The minimum atomic E-state index is -1.98. The second kappa shape index (κ2) is 68.9. The van der Waals surface area contributed by atoms with Crippen LogP contribution in [0.2, 0.25) is 0 Å². The van der Waals surface area contributed by atoms with Gasteiger partial charge in [-0.2, -0.15) is 0 Å². The van der Waals surface area contributed by atoms with Crippen molar-refractivity contribution in [2.45, 2.75) is 471 Å². The molecule has 0 aromatic rings. The van der Waals surface area contributed by atoms with Crippen LogP contribution in [0.3, 0.4) is 0 Å². The number of hydrogen-bond acceptors (Lipinski definition) is 18. The summed E-state index contributed by atoms with van der Waals surface area (Å²) in [7, 11) is 0. The lowest BCUT2D eigenvalue weighted by Crippen LogP contribution is -2.66. The normalized spacial score (nSPS) is 25.7. The van der Waals surface area contributed by atoms with Gasteiger partial charge in [-0.1, -0.05) is 364 Å². The number of aliphatic hydroxyl groups excluding tert-OH is 11. The van der Waals surface area contributed by atoms with Crippen LogP contribution < -0.4 is 5.32 Å². The zero-order valence-corrected chi connectivity index (χ0v) is 68.1. The third-order valence-corrected chi connectivity index (χ3v) is 22.1. The van der Waals surface area contributed by atoms with E-state index in [0.29, 0.717) is 6.42 Å². The van der Waals surface area contributed by atoms with Gasteiger partial charge in [-0.3, -0.25) is 4.79 Å². The van der Waals surface area contributed by atoms with E-state index in [1.165, 1.54) is 270 Å². The highest BCUT2D eigenvalue weighted by Gasteiger charge is 2.54. The molecule has 3 rings (SSSR count). The molecule has 3 saturated heterocycles. The molecule has 0 radical (unpaired) electrons. The average Bonchev–Trinajstić information content (AvgIpc) is 0.775. The van der Waals surface area contributed by atoms with E-state index in [1.807, 2.05) is 6.08 Å². The molecule has 0 saturated carbocycles. The summed E-state index contributed by atoms with van der Waals surface area (Å²) in [4.78, 5) is 13.5. The summed E-state index contributed by atoms with van der Waals surface area (Å²) in [5.74, 6) is -0.268. The minimum Gasteiger partial charge on any atom is -0.394 e. The SMILES string of the molecule is CC/C=C\C/C=C\C/C=C\C/C=C\CCCCCCCCCCCCCCCCCCCCCCCCCCCCC(=O)NC(COC1OC(CO)C(OC2OC(CO)C(OC3OC(CO)C(O)C(O)C3O)C(O)C2O)C(O)C1O)C(O)/C=C/CCCCCCCCCCCCCCCCCCCCCCCC. The number of aliphatic hydroxyl groups is 11. The third-order valence-electron chi connectivity index (χ3n) is 22.1. The predicted octanol–water partition coefficient (Wildman–Crippen LogP) is 16.6. The first-order chi connectivity index (χ1) is 52.8. The monoisotopic (exact) mass is 1530 g/mol. The zero-order valence-electron chi connectivity index (χ0n) is 68.1. The first kappa shape index (κ1) is 99.7. The fourth-order valence-corrected chi connectivity index (χ4v) is 15.0. The Bertz CT molecular complexity index is 2180. The number of nitrogens with one attached hydrogen (secondary N) is 1. The summed E-state index contributed by atoms with van der Waals surface area (Å²) in [5, 5.41) is 121. The van der Waals surface area contributed by atoms with Crippen LogP contribution in [0.15, 0.2) is 60.8 Å². The number of carbonyl (C=O) groups is 1. The van der Waals surface area contributed by atoms with Gasteiger partial charge in [0.25, 0.3) is 0 Å². The lowest BCUT2D eigenvalue weighted by atomic mass is 9.96. The fourth-order valence-electron chi connectivity index (χ4n) is 15.0. The number of amides is 1. The molecule has 0 aliphatic carbocycles. The Kier molecular flexibility index (Phi) is 63.6. The molecule has 0 bridgehead atoms. The maximum absolute atomic E-state index is 13.5. The van der Waals surface area contributed by atoms with Gasteiger partial charge in [-0.15, -0.1) is 0 Å². The third kappa shape index (κ3) is 47.4. The average molecular weight is 1540 g/mol. The van der Waals surface area contributed by atoms with Crippen molar-refractivity contribution in [3.8, 4) is 0 Å². The highest BCUT2D eigenvalue weighted by molar-refractivity contribution is 5.76. The first-order valence-corrected chi connectivity index (χ1v) is 44.5. The maximum Gasteiger partial charge on any atom is 0.220 e. The quantitative estimate of drug-likeness (QED) is 0.0199. The molecule has 3 aliphatic heterocycles. The van der Waals surface area contributed by atoms with Crippen molar-refractivity contribution in [3.63, 3.8) is 0 Å².